The van der Waals surface area contributed by atoms with Gasteiger partial charge < -0.3 is 20.7 Å². The maximum atomic E-state index is 11.8. The molecule has 1 aliphatic heterocycles. The lowest BCUT2D eigenvalue weighted by Gasteiger charge is -2.26. The number of benzene rings is 1. The Kier molecular flexibility index (Phi) is 3.60. The molecule has 1 aromatic rings. The van der Waals surface area contributed by atoms with Crippen molar-refractivity contribution in [2.75, 3.05) is 31.3 Å². The van der Waals surface area contributed by atoms with Crippen molar-refractivity contribution in [3.05, 3.63) is 18.2 Å². The van der Waals surface area contributed by atoms with Crippen molar-refractivity contribution in [2.45, 2.75) is 18.9 Å². The van der Waals surface area contributed by atoms with E-state index < -0.39 is 0 Å². The lowest BCUT2D eigenvalue weighted by Crippen LogP contribution is -2.42. The van der Waals surface area contributed by atoms with Gasteiger partial charge >= 0.3 is 0 Å². The lowest BCUT2D eigenvalue weighted by molar-refractivity contribution is -0.121. The Hall–Kier alpha value is -1.91. The number of nitrogens with zero attached hydrogens (tertiary/aromatic N) is 1. The van der Waals surface area contributed by atoms with Crippen LogP contribution in [0.25, 0.3) is 0 Å². The quantitative estimate of drug-likeness (QED) is 0.784. The lowest BCUT2D eigenvalue weighted by atomic mass is 10.1. The molecule has 1 aliphatic rings. The van der Waals surface area contributed by atoms with E-state index in [4.69, 9.17) is 10.5 Å². The van der Waals surface area contributed by atoms with Crippen LogP contribution in [0, 0.1) is 0 Å². The van der Waals surface area contributed by atoms with E-state index >= 15 is 0 Å². The van der Waals surface area contributed by atoms with Crippen LogP contribution in [0.15, 0.2) is 18.2 Å². The van der Waals surface area contributed by atoms with E-state index in [1.807, 2.05) is 12.1 Å². The number of nitrogen functional groups attached to an aromatic ring is 1. The van der Waals surface area contributed by atoms with Crippen molar-refractivity contribution in [3.63, 3.8) is 0 Å². The number of hydrogen-bond donors (Lipinski definition) is 2. The third-order valence-electron chi connectivity index (χ3n) is 3.35. The monoisotopic (exact) mass is 249 g/mol. The van der Waals surface area contributed by atoms with Crippen LogP contribution in [0.4, 0.5) is 11.4 Å². The highest BCUT2D eigenvalue weighted by Crippen LogP contribution is 2.32. The molecular formula is C13H19N3O2. The predicted molar refractivity (Wildman–Crippen MR) is 71.8 cm³/mol. The average Bonchev–Trinajstić information content (AvgIpc) is 2.86. The smallest absolute Gasteiger partial charge is 0.242 e. The molecule has 98 valence electrons. The van der Waals surface area contributed by atoms with Gasteiger partial charge in [-0.3, -0.25) is 4.79 Å². The molecule has 1 unspecified atom stereocenters. The molecule has 1 heterocycles. The van der Waals surface area contributed by atoms with Crippen LogP contribution in [-0.2, 0) is 4.79 Å². The third-order valence-corrected chi connectivity index (χ3v) is 3.35. The largest absolute Gasteiger partial charge is 0.497 e. The topological polar surface area (TPSA) is 67.6 Å². The maximum Gasteiger partial charge on any atom is 0.242 e. The minimum Gasteiger partial charge on any atom is -0.497 e. The molecule has 0 aliphatic carbocycles. The zero-order valence-electron chi connectivity index (χ0n) is 10.8. The zero-order valence-corrected chi connectivity index (χ0v) is 10.8. The van der Waals surface area contributed by atoms with Crippen LogP contribution in [0.1, 0.15) is 12.8 Å². The Bertz CT molecular complexity index is 448. The van der Waals surface area contributed by atoms with Crippen molar-refractivity contribution < 1.29 is 9.53 Å². The van der Waals surface area contributed by atoms with E-state index in [1.165, 1.54) is 0 Å². The van der Waals surface area contributed by atoms with Gasteiger partial charge in [-0.1, -0.05) is 0 Å². The third kappa shape index (κ3) is 2.20. The second-order valence-electron chi connectivity index (χ2n) is 4.39. The van der Waals surface area contributed by atoms with Crippen molar-refractivity contribution in [3.8, 4) is 5.75 Å². The molecule has 1 amide bonds. The average molecular weight is 249 g/mol. The second-order valence-corrected chi connectivity index (χ2v) is 4.39. The van der Waals surface area contributed by atoms with Crippen LogP contribution >= 0.6 is 0 Å². The number of likely N-dealkylation sites (N-methyl/N-ethyl adjacent to an activating group) is 1. The van der Waals surface area contributed by atoms with E-state index in [1.54, 1.807) is 20.2 Å². The molecule has 1 atom stereocenters. The van der Waals surface area contributed by atoms with E-state index in [9.17, 15) is 4.79 Å². The van der Waals surface area contributed by atoms with Crippen molar-refractivity contribution in [1.29, 1.82) is 0 Å². The van der Waals surface area contributed by atoms with Gasteiger partial charge in [0.05, 0.1) is 18.5 Å². The minimum absolute atomic E-state index is 0.0442. The number of nitrogens with two attached hydrogens (primary N) is 1. The standard InChI is InChI=1S/C13H19N3O2/c1-15-13(17)12-4-3-7-16(12)11-6-5-9(18-2)8-10(11)14/h5-6,8,12H,3-4,7,14H2,1-2H3,(H,15,17). The number of anilines is 2. The first kappa shape index (κ1) is 12.5. The van der Waals surface area contributed by atoms with Gasteiger partial charge in [-0.25, -0.2) is 0 Å². The molecule has 0 bridgehead atoms. The molecule has 0 aromatic heterocycles. The summed E-state index contributed by atoms with van der Waals surface area (Å²) in [5.74, 6) is 0.773. The Morgan fingerprint density at radius 2 is 2.33 bits per heavy atom. The van der Waals surface area contributed by atoms with Crippen molar-refractivity contribution >= 4 is 17.3 Å². The van der Waals surface area contributed by atoms with Crippen LogP contribution in [-0.4, -0.2) is 32.7 Å². The molecule has 5 nitrogen and oxygen atoms in total. The summed E-state index contributed by atoms with van der Waals surface area (Å²) in [6, 6.07) is 5.44. The van der Waals surface area contributed by atoms with Gasteiger partial charge in [0.2, 0.25) is 5.91 Å². The summed E-state index contributed by atoms with van der Waals surface area (Å²) < 4.78 is 5.13. The number of ether oxygens (including phenoxy) is 1. The molecule has 2 rings (SSSR count). The van der Waals surface area contributed by atoms with Crippen LogP contribution in [0.5, 0.6) is 5.75 Å². The zero-order chi connectivity index (χ0) is 13.1. The van der Waals surface area contributed by atoms with Crippen LogP contribution in [0.3, 0.4) is 0 Å². The summed E-state index contributed by atoms with van der Waals surface area (Å²) in [4.78, 5) is 13.9. The highest BCUT2D eigenvalue weighted by Gasteiger charge is 2.31. The Labute approximate surface area is 107 Å². The number of methoxy groups -OCH3 is 1. The number of amides is 1. The number of carbonyl (C=O) groups is 1. The molecule has 0 saturated carbocycles. The summed E-state index contributed by atoms with van der Waals surface area (Å²) in [5.41, 5.74) is 7.58. The van der Waals surface area contributed by atoms with Crippen molar-refractivity contribution in [2.24, 2.45) is 0 Å². The Morgan fingerprint density at radius 1 is 1.56 bits per heavy atom. The van der Waals surface area contributed by atoms with Gasteiger partial charge in [-0.15, -0.1) is 0 Å². The van der Waals surface area contributed by atoms with E-state index in [-0.39, 0.29) is 11.9 Å². The fourth-order valence-corrected chi connectivity index (χ4v) is 2.42. The van der Waals surface area contributed by atoms with Gasteiger partial charge in [0.15, 0.2) is 0 Å². The molecule has 5 heteroatoms. The SMILES string of the molecule is CNC(=O)C1CCCN1c1ccc(OC)cc1N. The van der Waals surface area contributed by atoms with Crippen LogP contribution < -0.4 is 20.7 Å². The fraction of sp³-hybridized carbons (Fsp3) is 0.462. The van der Waals surface area contributed by atoms with Gasteiger partial charge in [0.25, 0.3) is 0 Å². The molecule has 1 aromatic carbocycles. The minimum atomic E-state index is -0.120. The highest BCUT2D eigenvalue weighted by molar-refractivity contribution is 5.87. The molecule has 0 radical (unpaired) electrons. The maximum absolute atomic E-state index is 11.8. The van der Waals surface area contributed by atoms with E-state index in [2.05, 4.69) is 10.2 Å². The number of rotatable bonds is 3. The summed E-state index contributed by atoms with van der Waals surface area (Å²) in [7, 11) is 3.27. The second kappa shape index (κ2) is 5.16. The van der Waals surface area contributed by atoms with Crippen molar-refractivity contribution in [1.82, 2.24) is 5.32 Å². The summed E-state index contributed by atoms with van der Waals surface area (Å²) in [6.45, 7) is 0.856. The number of carbonyl (C=O) groups excluding carboxylic acids is 1. The number of hydrogen-bond acceptors (Lipinski definition) is 4. The van der Waals surface area contributed by atoms with E-state index in [0.29, 0.717) is 5.69 Å². The molecule has 1 saturated heterocycles. The fourth-order valence-electron chi connectivity index (χ4n) is 2.42. The normalized spacial score (nSPS) is 18.8. The summed E-state index contributed by atoms with van der Waals surface area (Å²) in [5, 5.41) is 2.70. The molecule has 3 N–H and O–H groups in total. The molecular weight excluding hydrogens is 230 g/mol. The first-order valence-electron chi connectivity index (χ1n) is 6.09. The van der Waals surface area contributed by atoms with Gasteiger partial charge in [0.1, 0.15) is 11.8 Å². The molecule has 18 heavy (non-hydrogen) atoms. The van der Waals surface area contributed by atoms with Crippen LogP contribution in [0.2, 0.25) is 0 Å². The molecule has 1 fully saturated rings. The Balaban J connectivity index is 2.27. The summed E-state index contributed by atoms with van der Waals surface area (Å²) in [6.07, 6.45) is 1.87. The van der Waals surface area contributed by atoms with Gasteiger partial charge in [0, 0.05) is 19.7 Å². The van der Waals surface area contributed by atoms with E-state index in [0.717, 1.165) is 30.8 Å². The van der Waals surface area contributed by atoms with Gasteiger partial charge in [-0.05, 0) is 25.0 Å². The highest BCUT2D eigenvalue weighted by atomic mass is 16.5. The predicted octanol–water partition coefficient (Wildman–Crippen LogP) is 0.992. The molecule has 0 spiro atoms. The first-order chi connectivity index (χ1) is 8.67. The number of nitrogens with one attached hydrogen (secondary N) is 1. The summed E-state index contributed by atoms with van der Waals surface area (Å²) >= 11 is 0. The van der Waals surface area contributed by atoms with Gasteiger partial charge in [-0.2, -0.15) is 0 Å². The Morgan fingerprint density at radius 3 is 2.94 bits per heavy atom. The first-order valence-corrected chi connectivity index (χ1v) is 6.09.